The molecule has 0 saturated heterocycles. The van der Waals surface area contributed by atoms with Crippen LogP contribution in [0.1, 0.15) is 32.6 Å². The highest BCUT2D eigenvalue weighted by atomic mass is 16.5. The first-order chi connectivity index (χ1) is 8.81. The van der Waals surface area contributed by atoms with Crippen molar-refractivity contribution in [2.45, 2.75) is 44.7 Å². The van der Waals surface area contributed by atoms with Gasteiger partial charge in [-0.2, -0.15) is 0 Å². The summed E-state index contributed by atoms with van der Waals surface area (Å²) in [5.74, 6) is 0. The minimum Gasteiger partial charge on any atom is -0.383 e. The third kappa shape index (κ3) is 5.65. The summed E-state index contributed by atoms with van der Waals surface area (Å²) in [5.41, 5.74) is 0. The zero-order chi connectivity index (χ0) is 13.2. The predicted octanol–water partition coefficient (Wildman–Crippen LogP) is 1.50. The first-order valence-electron chi connectivity index (χ1n) is 7.27. The fourth-order valence-corrected chi connectivity index (χ4v) is 2.83. The molecule has 1 aliphatic rings. The normalized spacial score (nSPS) is 24.7. The maximum atomic E-state index is 5.21. The number of hydrogen-bond donors (Lipinski definition) is 1. The lowest BCUT2D eigenvalue weighted by molar-refractivity contribution is 0.0701. The molecule has 1 aliphatic carbocycles. The van der Waals surface area contributed by atoms with Gasteiger partial charge in [-0.1, -0.05) is 6.92 Å². The number of ether oxygens (including phenoxy) is 2. The number of nitrogens with one attached hydrogen (secondary N) is 1. The number of rotatable bonds is 9. The average molecular weight is 258 g/mol. The van der Waals surface area contributed by atoms with Crippen molar-refractivity contribution < 1.29 is 9.47 Å². The standard InChI is InChI=1S/C14H30N2O2/c1-4-15-13-5-7-14(8-6-13)16(9-11-17-2)10-12-18-3/h13-15H,4-12H2,1-3H3. The summed E-state index contributed by atoms with van der Waals surface area (Å²) >= 11 is 0. The van der Waals surface area contributed by atoms with Crippen LogP contribution in [0.5, 0.6) is 0 Å². The minimum atomic E-state index is 0.713. The van der Waals surface area contributed by atoms with E-state index >= 15 is 0 Å². The molecule has 1 saturated carbocycles. The fourth-order valence-electron chi connectivity index (χ4n) is 2.83. The number of hydrogen-bond acceptors (Lipinski definition) is 4. The molecule has 0 radical (unpaired) electrons. The van der Waals surface area contributed by atoms with Crippen molar-refractivity contribution in [1.29, 1.82) is 0 Å². The second-order valence-corrected chi connectivity index (χ2v) is 5.08. The van der Waals surface area contributed by atoms with Crippen molar-refractivity contribution in [2.24, 2.45) is 0 Å². The van der Waals surface area contributed by atoms with E-state index in [9.17, 15) is 0 Å². The maximum Gasteiger partial charge on any atom is 0.0589 e. The molecule has 4 heteroatoms. The summed E-state index contributed by atoms with van der Waals surface area (Å²) in [7, 11) is 3.55. The smallest absolute Gasteiger partial charge is 0.0589 e. The van der Waals surface area contributed by atoms with Crippen molar-refractivity contribution in [2.75, 3.05) is 47.1 Å². The van der Waals surface area contributed by atoms with Crippen LogP contribution >= 0.6 is 0 Å². The highest BCUT2D eigenvalue weighted by Gasteiger charge is 2.24. The molecule has 0 spiro atoms. The second-order valence-electron chi connectivity index (χ2n) is 5.08. The van der Waals surface area contributed by atoms with Crippen molar-refractivity contribution in [3.05, 3.63) is 0 Å². The number of methoxy groups -OCH3 is 2. The number of nitrogens with zero attached hydrogens (tertiary/aromatic N) is 1. The summed E-state index contributed by atoms with van der Waals surface area (Å²) in [6, 6.07) is 1.45. The summed E-state index contributed by atoms with van der Waals surface area (Å²) in [5, 5.41) is 3.56. The van der Waals surface area contributed by atoms with Crippen molar-refractivity contribution in [3.63, 3.8) is 0 Å². The van der Waals surface area contributed by atoms with E-state index in [1.807, 2.05) is 0 Å². The SMILES string of the molecule is CCNC1CCC(N(CCOC)CCOC)CC1. The van der Waals surface area contributed by atoms with Crippen molar-refractivity contribution >= 4 is 0 Å². The Morgan fingerprint density at radius 3 is 2.00 bits per heavy atom. The van der Waals surface area contributed by atoms with Crippen LogP contribution in [0.25, 0.3) is 0 Å². The molecule has 18 heavy (non-hydrogen) atoms. The third-order valence-electron chi connectivity index (χ3n) is 3.87. The Kier molecular flexibility index (Phi) is 8.59. The Bertz CT molecular complexity index is 186. The molecule has 1 fully saturated rings. The quantitative estimate of drug-likeness (QED) is 0.679. The topological polar surface area (TPSA) is 33.7 Å². The van der Waals surface area contributed by atoms with E-state index in [-0.39, 0.29) is 0 Å². The molecule has 4 nitrogen and oxygen atoms in total. The van der Waals surface area contributed by atoms with Gasteiger partial charge >= 0.3 is 0 Å². The Morgan fingerprint density at radius 1 is 1.00 bits per heavy atom. The van der Waals surface area contributed by atoms with E-state index in [1.54, 1.807) is 14.2 Å². The van der Waals surface area contributed by atoms with Crippen molar-refractivity contribution in [1.82, 2.24) is 10.2 Å². The molecule has 1 N–H and O–H groups in total. The Hall–Kier alpha value is -0.160. The largest absolute Gasteiger partial charge is 0.383 e. The van der Waals surface area contributed by atoms with Gasteiger partial charge in [0.15, 0.2) is 0 Å². The van der Waals surface area contributed by atoms with E-state index < -0.39 is 0 Å². The van der Waals surface area contributed by atoms with E-state index in [4.69, 9.17) is 9.47 Å². The molecule has 0 amide bonds. The van der Waals surface area contributed by atoms with Crippen LogP contribution < -0.4 is 5.32 Å². The summed E-state index contributed by atoms with van der Waals surface area (Å²) < 4.78 is 10.4. The van der Waals surface area contributed by atoms with Gasteiger partial charge in [0.1, 0.15) is 0 Å². The molecule has 0 aromatic heterocycles. The molecule has 108 valence electrons. The van der Waals surface area contributed by atoms with Gasteiger partial charge < -0.3 is 14.8 Å². The van der Waals surface area contributed by atoms with Crippen molar-refractivity contribution in [3.8, 4) is 0 Å². The summed E-state index contributed by atoms with van der Waals surface area (Å²) in [6.07, 6.45) is 5.19. The van der Waals surface area contributed by atoms with Crippen LogP contribution in [0.15, 0.2) is 0 Å². The monoisotopic (exact) mass is 258 g/mol. The molecule has 0 atom stereocenters. The van der Waals surface area contributed by atoms with Gasteiger partial charge in [0.05, 0.1) is 13.2 Å². The molecule has 0 aromatic carbocycles. The minimum absolute atomic E-state index is 0.713. The van der Waals surface area contributed by atoms with Crippen LogP contribution in [0.2, 0.25) is 0 Å². The van der Waals surface area contributed by atoms with Gasteiger partial charge in [-0.05, 0) is 32.2 Å². The molecule has 1 rings (SSSR count). The second kappa shape index (κ2) is 9.73. The highest BCUT2D eigenvalue weighted by molar-refractivity contribution is 4.82. The first kappa shape index (κ1) is 15.9. The van der Waals surface area contributed by atoms with Gasteiger partial charge in [-0.3, -0.25) is 4.90 Å². The maximum absolute atomic E-state index is 5.21. The average Bonchev–Trinajstić information content (AvgIpc) is 2.41. The molecule has 0 bridgehead atoms. The van der Waals surface area contributed by atoms with Crippen LogP contribution in [0.3, 0.4) is 0 Å². The van der Waals surface area contributed by atoms with Gasteiger partial charge in [-0.25, -0.2) is 0 Å². The van der Waals surface area contributed by atoms with Gasteiger partial charge in [-0.15, -0.1) is 0 Å². The van der Waals surface area contributed by atoms with E-state index in [1.165, 1.54) is 25.7 Å². The first-order valence-corrected chi connectivity index (χ1v) is 7.27. The van der Waals surface area contributed by atoms with Crippen LogP contribution in [0.4, 0.5) is 0 Å². The zero-order valence-electron chi connectivity index (χ0n) is 12.3. The van der Waals surface area contributed by atoms with Gasteiger partial charge in [0, 0.05) is 39.4 Å². The van der Waals surface area contributed by atoms with Gasteiger partial charge in [0.2, 0.25) is 0 Å². The third-order valence-corrected chi connectivity index (χ3v) is 3.87. The zero-order valence-corrected chi connectivity index (χ0v) is 12.3. The lowest BCUT2D eigenvalue weighted by atomic mass is 9.90. The molecule has 0 unspecified atom stereocenters. The Balaban J connectivity index is 2.33. The summed E-state index contributed by atoms with van der Waals surface area (Å²) in [6.45, 7) is 6.96. The van der Waals surface area contributed by atoms with E-state index in [2.05, 4.69) is 17.1 Å². The molecule has 0 aromatic rings. The fraction of sp³-hybridized carbons (Fsp3) is 1.00. The van der Waals surface area contributed by atoms with E-state index in [0.29, 0.717) is 6.04 Å². The Labute approximate surface area is 112 Å². The predicted molar refractivity (Wildman–Crippen MR) is 75.0 cm³/mol. The lowest BCUT2D eigenvalue weighted by Gasteiger charge is -2.37. The molecule has 0 heterocycles. The Morgan fingerprint density at radius 2 is 1.56 bits per heavy atom. The van der Waals surface area contributed by atoms with Crippen LogP contribution in [-0.4, -0.2) is 64.1 Å². The van der Waals surface area contributed by atoms with Crippen LogP contribution in [0, 0.1) is 0 Å². The lowest BCUT2D eigenvalue weighted by Crippen LogP contribution is -2.44. The highest BCUT2D eigenvalue weighted by Crippen LogP contribution is 2.23. The van der Waals surface area contributed by atoms with E-state index in [0.717, 1.165) is 38.9 Å². The van der Waals surface area contributed by atoms with Crippen LogP contribution in [-0.2, 0) is 9.47 Å². The molecular weight excluding hydrogens is 228 g/mol. The van der Waals surface area contributed by atoms with Gasteiger partial charge in [0.25, 0.3) is 0 Å². The summed E-state index contributed by atoms with van der Waals surface area (Å²) in [4.78, 5) is 2.54. The molecule has 0 aliphatic heterocycles. The molecular formula is C14H30N2O2.